The maximum Gasteiger partial charge on any atom is 0.237 e. The quantitative estimate of drug-likeness (QED) is 0.549. The first-order valence-corrected chi connectivity index (χ1v) is 4.88. The molecule has 2 aliphatic heterocycles. The molecule has 0 aromatic heterocycles. The van der Waals surface area contributed by atoms with Gasteiger partial charge in [-0.05, 0) is 25.9 Å². The van der Waals surface area contributed by atoms with Gasteiger partial charge >= 0.3 is 0 Å². The fraction of sp³-hybridized carbons (Fsp3) is 0.889. The number of carbonyl (C=O) groups is 1. The molecule has 2 fully saturated rings. The smallest absolute Gasteiger partial charge is 0.237 e. The molecule has 0 spiro atoms. The van der Waals surface area contributed by atoms with Gasteiger partial charge in [0, 0.05) is 19.6 Å². The van der Waals surface area contributed by atoms with Crippen LogP contribution in [-0.2, 0) is 4.79 Å². The van der Waals surface area contributed by atoms with E-state index in [1.807, 2.05) is 0 Å². The maximum absolute atomic E-state index is 11.5. The Morgan fingerprint density at radius 1 is 1.54 bits per heavy atom. The Morgan fingerprint density at radius 2 is 2.31 bits per heavy atom. The number of hydrogen-bond donors (Lipinski definition) is 2. The van der Waals surface area contributed by atoms with Gasteiger partial charge in [-0.25, -0.2) is 0 Å². The third-order valence-electron chi connectivity index (χ3n) is 3.39. The summed E-state index contributed by atoms with van der Waals surface area (Å²) in [4.78, 5) is 13.7. The van der Waals surface area contributed by atoms with Gasteiger partial charge in [-0.2, -0.15) is 0 Å². The molecular weight excluding hydrogens is 166 g/mol. The summed E-state index contributed by atoms with van der Waals surface area (Å²) in [6, 6.07) is 0.671. The van der Waals surface area contributed by atoms with Crippen LogP contribution in [0.4, 0.5) is 0 Å². The van der Waals surface area contributed by atoms with Crippen molar-refractivity contribution in [2.45, 2.75) is 18.5 Å². The molecule has 3 atom stereocenters. The van der Waals surface area contributed by atoms with E-state index in [2.05, 4.69) is 22.6 Å². The molecule has 0 bridgehead atoms. The van der Waals surface area contributed by atoms with E-state index in [-0.39, 0.29) is 11.9 Å². The molecule has 74 valence electrons. The Bertz CT molecular complexity index is 219. The van der Waals surface area contributed by atoms with E-state index in [4.69, 9.17) is 0 Å². The third kappa shape index (κ3) is 1.34. The molecular formula is C9H17N3O. The van der Waals surface area contributed by atoms with Crippen LogP contribution in [0, 0.1) is 5.92 Å². The second-order valence-electron chi connectivity index (χ2n) is 4.02. The minimum atomic E-state index is 0.0992. The Labute approximate surface area is 78.7 Å². The molecule has 0 radical (unpaired) electrons. The van der Waals surface area contributed by atoms with Crippen molar-refractivity contribution in [3.63, 3.8) is 0 Å². The molecule has 2 N–H and O–H groups in total. The van der Waals surface area contributed by atoms with Crippen LogP contribution in [-0.4, -0.2) is 50.1 Å². The van der Waals surface area contributed by atoms with Gasteiger partial charge in [0.15, 0.2) is 0 Å². The molecule has 2 heterocycles. The van der Waals surface area contributed by atoms with E-state index in [9.17, 15) is 4.79 Å². The SMILES string of the molecule is CNC(=O)[C@@H]1C[C@@H]2CNC[C@@H]2N1C. The molecule has 1 amide bonds. The van der Waals surface area contributed by atoms with Gasteiger partial charge in [-0.15, -0.1) is 0 Å². The Hall–Kier alpha value is -0.610. The van der Waals surface area contributed by atoms with Gasteiger partial charge in [0.1, 0.15) is 0 Å². The van der Waals surface area contributed by atoms with Gasteiger partial charge in [0.25, 0.3) is 0 Å². The number of nitrogens with one attached hydrogen (secondary N) is 2. The van der Waals surface area contributed by atoms with Gasteiger partial charge in [0.05, 0.1) is 6.04 Å². The molecule has 4 heteroatoms. The predicted octanol–water partition coefficient (Wildman–Crippen LogP) is -0.975. The molecule has 0 unspecified atom stereocenters. The summed E-state index contributed by atoms with van der Waals surface area (Å²) in [5, 5.41) is 6.08. The molecule has 2 rings (SSSR count). The van der Waals surface area contributed by atoms with Crippen LogP contribution in [0.15, 0.2) is 0 Å². The van der Waals surface area contributed by atoms with Crippen LogP contribution in [0.1, 0.15) is 6.42 Å². The summed E-state index contributed by atoms with van der Waals surface area (Å²) < 4.78 is 0. The zero-order chi connectivity index (χ0) is 9.42. The van der Waals surface area contributed by atoms with Crippen molar-refractivity contribution in [1.82, 2.24) is 15.5 Å². The number of hydrogen-bond acceptors (Lipinski definition) is 3. The number of amides is 1. The minimum Gasteiger partial charge on any atom is -0.358 e. The van der Waals surface area contributed by atoms with Gasteiger partial charge in [-0.1, -0.05) is 0 Å². The number of nitrogens with zero attached hydrogens (tertiary/aromatic N) is 1. The average molecular weight is 183 g/mol. The first kappa shape index (κ1) is 8.97. The number of carbonyl (C=O) groups excluding carboxylic acids is 1. The van der Waals surface area contributed by atoms with Crippen LogP contribution in [0.3, 0.4) is 0 Å². The first-order chi connectivity index (χ1) is 6.24. The monoisotopic (exact) mass is 183 g/mol. The second kappa shape index (κ2) is 3.27. The lowest BCUT2D eigenvalue weighted by molar-refractivity contribution is -0.124. The van der Waals surface area contributed by atoms with Gasteiger partial charge < -0.3 is 10.6 Å². The summed E-state index contributed by atoms with van der Waals surface area (Å²) in [7, 11) is 3.76. The third-order valence-corrected chi connectivity index (χ3v) is 3.39. The van der Waals surface area contributed by atoms with Crippen LogP contribution in [0.5, 0.6) is 0 Å². The van der Waals surface area contributed by atoms with Crippen molar-refractivity contribution in [3.05, 3.63) is 0 Å². The minimum absolute atomic E-state index is 0.0992. The lowest BCUT2D eigenvalue weighted by Gasteiger charge is -2.22. The Balaban J connectivity index is 2.06. The van der Waals surface area contributed by atoms with Crippen molar-refractivity contribution in [3.8, 4) is 0 Å². The van der Waals surface area contributed by atoms with E-state index in [0.717, 1.165) is 19.5 Å². The molecule has 2 aliphatic rings. The number of fused-ring (bicyclic) bond motifs is 1. The highest BCUT2D eigenvalue weighted by Gasteiger charge is 2.44. The van der Waals surface area contributed by atoms with E-state index in [0.29, 0.717) is 12.0 Å². The summed E-state index contributed by atoms with van der Waals surface area (Å²) in [6.45, 7) is 2.11. The number of likely N-dealkylation sites (tertiary alicyclic amines) is 1. The average Bonchev–Trinajstić information content (AvgIpc) is 2.68. The molecule has 0 aromatic rings. The van der Waals surface area contributed by atoms with Crippen molar-refractivity contribution in [2.75, 3.05) is 27.2 Å². The topological polar surface area (TPSA) is 44.4 Å². The maximum atomic E-state index is 11.5. The molecule has 13 heavy (non-hydrogen) atoms. The zero-order valence-electron chi connectivity index (χ0n) is 8.21. The second-order valence-corrected chi connectivity index (χ2v) is 4.02. The fourth-order valence-corrected chi connectivity index (χ4v) is 2.58. The Kier molecular flexibility index (Phi) is 2.26. The number of rotatable bonds is 1. The largest absolute Gasteiger partial charge is 0.358 e. The standard InChI is InChI=1S/C9H17N3O/c1-10-9(13)7-3-6-4-11-5-8(6)12(7)2/h6-8,11H,3-5H2,1-2H3,(H,10,13)/t6-,7+,8+/m1/s1. The molecule has 2 saturated heterocycles. The number of likely N-dealkylation sites (N-methyl/N-ethyl adjacent to an activating group) is 2. The molecule has 0 aromatic carbocycles. The van der Waals surface area contributed by atoms with Crippen molar-refractivity contribution < 1.29 is 4.79 Å². The lowest BCUT2D eigenvalue weighted by atomic mass is 10.0. The normalized spacial score (nSPS) is 39.1. The zero-order valence-corrected chi connectivity index (χ0v) is 8.21. The van der Waals surface area contributed by atoms with E-state index in [1.165, 1.54) is 0 Å². The summed E-state index contributed by atoms with van der Waals surface area (Å²) >= 11 is 0. The van der Waals surface area contributed by atoms with E-state index < -0.39 is 0 Å². The summed E-state index contributed by atoms with van der Waals surface area (Å²) in [5.74, 6) is 0.837. The van der Waals surface area contributed by atoms with Crippen LogP contribution in [0.2, 0.25) is 0 Å². The highest BCUT2D eigenvalue weighted by atomic mass is 16.2. The highest BCUT2D eigenvalue weighted by Crippen LogP contribution is 2.30. The Morgan fingerprint density at radius 3 is 2.92 bits per heavy atom. The summed E-state index contributed by atoms with van der Waals surface area (Å²) in [5.41, 5.74) is 0. The highest BCUT2D eigenvalue weighted by molar-refractivity contribution is 5.81. The van der Waals surface area contributed by atoms with Crippen LogP contribution < -0.4 is 10.6 Å². The molecule has 4 nitrogen and oxygen atoms in total. The fourth-order valence-electron chi connectivity index (χ4n) is 2.58. The van der Waals surface area contributed by atoms with Crippen molar-refractivity contribution in [1.29, 1.82) is 0 Å². The van der Waals surface area contributed by atoms with Crippen LogP contribution >= 0.6 is 0 Å². The van der Waals surface area contributed by atoms with Crippen molar-refractivity contribution in [2.24, 2.45) is 5.92 Å². The summed E-state index contributed by atoms with van der Waals surface area (Å²) in [6.07, 6.45) is 1.01. The lowest BCUT2D eigenvalue weighted by Crippen LogP contribution is -2.44. The van der Waals surface area contributed by atoms with Crippen molar-refractivity contribution >= 4 is 5.91 Å². The van der Waals surface area contributed by atoms with Gasteiger partial charge in [0.2, 0.25) is 5.91 Å². The molecule has 0 aliphatic carbocycles. The van der Waals surface area contributed by atoms with Crippen LogP contribution in [0.25, 0.3) is 0 Å². The molecule has 0 saturated carbocycles. The van der Waals surface area contributed by atoms with E-state index >= 15 is 0 Å². The predicted molar refractivity (Wildman–Crippen MR) is 50.4 cm³/mol. The van der Waals surface area contributed by atoms with E-state index in [1.54, 1.807) is 7.05 Å². The van der Waals surface area contributed by atoms with Gasteiger partial charge in [-0.3, -0.25) is 9.69 Å². The first-order valence-electron chi connectivity index (χ1n) is 4.88.